The molecule has 0 spiro atoms. The summed E-state index contributed by atoms with van der Waals surface area (Å²) in [6.07, 6.45) is 3.90. The average molecular weight is 522 g/mol. The van der Waals surface area contributed by atoms with E-state index < -0.39 is 29.6 Å². The number of carbonyl (C=O) groups excluding carboxylic acids is 2. The number of hydrogen-bond donors (Lipinski definition) is 2. The highest BCUT2D eigenvalue weighted by Crippen LogP contribution is 2.41. The summed E-state index contributed by atoms with van der Waals surface area (Å²) in [5.41, 5.74) is 7.93. The Morgan fingerprint density at radius 2 is 1.95 bits per heavy atom. The molecule has 1 aliphatic heterocycles. The molecule has 5 rings (SSSR count). The second kappa shape index (κ2) is 10.2. The fourth-order valence-corrected chi connectivity index (χ4v) is 4.21. The third kappa shape index (κ3) is 5.18. The van der Waals surface area contributed by atoms with Gasteiger partial charge in [-0.3, -0.25) is 4.79 Å². The van der Waals surface area contributed by atoms with E-state index in [0.717, 1.165) is 30.5 Å². The largest absolute Gasteiger partial charge is 0.481 e. The lowest BCUT2D eigenvalue weighted by Crippen LogP contribution is -2.54. The number of hydroxylamine groups is 2. The molecular weight excluding hydrogens is 496 g/mol. The molecule has 1 saturated carbocycles. The second-order valence-electron chi connectivity index (χ2n) is 9.23. The highest BCUT2D eigenvalue weighted by atomic mass is 19.1. The van der Waals surface area contributed by atoms with Crippen LogP contribution in [0.2, 0.25) is 0 Å². The summed E-state index contributed by atoms with van der Waals surface area (Å²) in [4.78, 5) is 37.5. The molecule has 0 bridgehead atoms. The quantitative estimate of drug-likeness (QED) is 0.425. The van der Waals surface area contributed by atoms with Crippen LogP contribution in [0.5, 0.6) is 5.75 Å². The molecule has 9 nitrogen and oxygen atoms in total. The van der Waals surface area contributed by atoms with Crippen LogP contribution in [0.4, 0.5) is 20.3 Å². The average Bonchev–Trinajstić information content (AvgIpc) is 3.71. The van der Waals surface area contributed by atoms with Gasteiger partial charge in [0.1, 0.15) is 29.8 Å². The number of nitrogens with zero attached hydrogens (tertiary/aromatic N) is 3. The number of benzene rings is 2. The Bertz CT molecular complexity index is 1440. The van der Waals surface area contributed by atoms with Crippen molar-refractivity contribution in [1.82, 2.24) is 15.0 Å². The Labute approximate surface area is 217 Å². The number of ether oxygens (including phenoxy) is 1. The molecule has 0 atom stereocenters. The minimum absolute atomic E-state index is 0.0311. The summed E-state index contributed by atoms with van der Waals surface area (Å²) in [6, 6.07) is 6.95. The highest BCUT2D eigenvalue weighted by molar-refractivity contribution is 6.05. The van der Waals surface area contributed by atoms with Gasteiger partial charge in [-0.15, -0.1) is 5.06 Å². The zero-order chi connectivity index (χ0) is 27.0. The molecular formula is C27H25F2N5O4. The summed E-state index contributed by atoms with van der Waals surface area (Å²) in [5.74, 6) is -2.07. The van der Waals surface area contributed by atoms with E-state index >= 15 is 0 Å². The van der Waals surface area contributed by atoms with Crippen LogP contribution in [-0.4, -0.2) is 46.1 Å². The molecule has 1 saturated heterocycles. The number of rotatable bonds is 8. The van der Waals surface area contributed by atoms with E-state index in [4.69, 9.17) is 15.3 Å². The number of hydrogen-bond acceptors (Lipinski definition) is 8. The van der Waals surface area contributed by atoms with Crippen LogP contribution in [-0.2, 0) is 9.63 Å². The Hall–Kier alpha value is -4.38. The van der Waals surface area contributed by atoms with Gasteiger partial charge in [-0.1, -0.05) is 12.6 Å². The van der Waals surface area contributed by atoms with E-state index in [-0.39, 0.29) is 41.6 Å². The van der Waals surface area contributed by atoms with Gasteiger partial charge in [0.15, 0.2) is 11.6 Å². The van der Waals surface area contributed by atoms with E-state index in [0.29, 0.717) is 17.0 Å². The number of nitrogens with two attached hydrogens (primary N) is 1. The molecule has 0 unspecified atom stereocenters. The monoisotopic (exact) mass is 521 g/mol. The molecule has 1 amide bonds. The first kappa shape index (κ1) is 25.3. The molecule has 2 fully saturated rings. The van der Waals surface area contributed by atoms with Gasteiger partial charge in [0.2, 0.25) is 0 Å². The van der Waals surface area contributed by atoms with Gasteiger partial charge < -0.3 is 20.6 Å². The van der Waals surface area contributed by atoms with Crippen molar-refractivity contribution in [2.75, 3.05) is 24.1 Å². The smallest absolute Gasteiger partial charge is 0.349 e. The standard InChI is InChI=1S/C27H25F2N5O4/c1-3-23(35)38-34-11-18(12-34)37-25-24(31-13-32-26(25)30)20-9-17(28)10-22(14(20)2)33-27(36)19-7-6-16(8-21(19)29)15-4-5-15/h3,6-10,13,15,18H,1,4-5,11-12H2,2H3,(H,33,36)(H2,30,31,32). The summed E-state index contributed by atoms with van der Waals surface area (Å²) in [5, 5.41) is 4.01. The molecule has 2 aliphatic rings. The maximum Gasteiger partial charge on any atom is 0.349 e. The normalized spacial score (nSPS) is 15.4. The van der Waals surface area contributed by atoms with Gasteiger partial charge >= 0.3 is 5.97 Å². The number of anilines is 2. The molecule has 1 aliphatic carbocycles. The maximum absolute atomic E-state index is 14.7. The molecule has 38 heavy (non-hydrogen) atoms. The van der Waals surface area contributed by atoms with E-state index in [1.807, 2.05) is 0 Å². The second-order valence-corrected chi connectivity index (χ2v) is 9.23. The molecule has 1 aromatic heterocycles. The minimum atomic E-state index is -0.702. The zero-order valence-corrected chi connectivity index (χ0v) is 20.5. The molecule has 2 aromatic carbocycles. The summed E-state index contributed by atoms with van der Waals surface area (Å²) >= 11 is 0. The molecule has 11 heteroatoms. The van der Waals surface area contributed by atoms with E-state index in [1.165, 1.54) is 29.6 Å². The van der Waals surface area contributed by atoms with E-state index in [2.05, 4.69) is 21.9 Å². The van der Waals surface area contributed by atoms with Gasteiger partial charge in [-0.05, 0) is 61.1 Å². The zero-order valence-electron chi connectivity index (χ0n) is 20.5. The lowest BCUT2D eigenvalue weighted by Gasteiger charge is -2.36. The van der Waals surface area contributed by atoms with Crippen LogP contribution >= 0.6 is 0 Å². The van der Waals surface area contributed by atoms with Crippen molar-refractivity contribution in [3.63, 3.8) is 0 Å². The van der Waals surface area contributed by atoms with Crippen molar-refractivity contribution in [2.24, 2.45) is 0 Å². The highest BCUT2D eigenvalue weighted by Gasteiger charge is 2.33. The SMILES string of the molecule is C=CC(=O)ON1CC(Oc2c(N)ncnc2-c2cc(F)cc(NC(=O)c3ccc(C4CC4)cc3F)c2C)C1. The maximum atomic E-state index is 14.7. The number of aromatic nitrogens is 2. The van der Waals surface area contributed by atoms with Crippen LogP contribution in [0.3, 0.4) is 0 Å². The van der Waals surface area contributed by atoms with Gasteiger partial charge in [0.05, 0.1) is 18.7 Å². The molecule has 2 heterocycles. The van der Waals surface area contributed by atoms with E-state index in [1.54, 1.807) is 13.0 Å². The summed E-state index contributed by atoms with van der Waals surface area (Å²) < 4.78 is 35.4. The van der Waals surface area contributed by atoms with Crippen LogP contribution in [0.15, 0.2) is 49.3 Å². The van der Waals surface area contributed by atoms with Crippen molar-refractivity contribution in [1.29, 1.82) is 0 Å². The number of halogens is 2. The number of nitrogens with one attached hydrogen (secondary N) is 1. The van der Waals surface area contributed by atoms with Crippen molar-refractivity contribution in [3.8, 4) is 17.0 Å². The number of carbonyl (C=O) groups is 2. The number of nitrogen functional groups attached to an aromatic ring is 1. The van der Waals surface area contributed by atoms with Gasteiger partial charge in [-0.25, -0.2) is 23.5 Å². The third-order valence-electron chi connectivity index (χ3n) is 6.48. The Kier molecular flexibility index (Phi) is 6.77. The van der Waals surface area contributed by atoms with Crippen molar-refractivity contribution < 1.29 is 27.9 Å². The lowest BCUT2D eigenvalue weighted by molar-refractivity contribution is -0.221. The van der Waals surface area contributed by atoms with Crippen molar-refractivity contribution >= 4 is 23.4 Å². The molecule has 3 N–H and O–H groups in total. The van der Waals surface area contributed by atoms with Crippen molar-refractivity contribution in [3.05, 3.63) is 77.6 Å². The summed E-state index contributed by atoms with van der Waals surface area (Å²) in [7, 11) is 0. The number of amides is 1. The molecule has 0 radical (unpaired) electrons. The Balaban J connectivity index is 1.39. The first-order valence-electron chi connectivity index (χ1n) is 12.0. The first-order valence-corrected chi connectivity index (χ1v) is 12.0. The van der Waals surface area contributed by atoms with Gasteiger partial charge in [-0.2, -0.15) is 0 Å². The molecule has 196 valence electrons. The van der Waals surface area contributed by atoms with Crippen LogP contribution < -0.4 is 15.8 Å². The van der Waals surface area contributed by atoms with Gasteiger partial charge in [0.25, 0.3) is 5.91 Å². The third-order valence-corrected chi connectivity index (χ3v) is 6.48. The van der Waals surface area contributed by atoms with E-state index in [9.17, 15) is 18.4 Å². The Morgan fingerprint density at radius 3 is 2.63 bits per heavy atom. The van der Waals surface area contributed by atoms with Crippen molar-refractivity contribution in [2.45, 2.75) is 31.8 Å². The van der Waals surface area contributed by atoms with Crippen LogP contribution in [0.1, 0.15) is 40.2 Å². The lowest BCUT2D eigenvalue weighted by atomic mass is 10.0. The fraction of sp³-hybridized carbons (Fsp3) is 0.259. The fourth-order valence-electron chi connectivity index (χ4n) is 4.21. The predicted molar refractivity (Wildman–Crippen MR) is 135 cm³/mol. The summed E-state index contributed by atoms with van der Waals surface area (Å²) in [6.45, 7) is 5.55. The molecule has 3 aromatic rings. The van der Waals surface area contributed by atoms with Gasteiger partial charge in [0, 0.05) is 17.3 Å². The predicted octanol–water partition coefficient (Wildman–Crippen LogP) is 4.15. The minimum Gasteiger partial charge on any atom is -0.481 e. The van der Waals surface area contributed by atoms with Crippen LogP contribution in [0, 0.1) is 18.6 Å². The Morgan fingerprint density at radius 1 is 1.18 bits per heavy atom. The van der Waals surface area contributed by atoms with Crippen LogP contribution in [0.25, 0.3) is 11.3 Å². The first-order chi connectivity index (χ1) is 18.2. The topological polar surface area (TPSA) is 120 Å².